The minimum atomic E-state index is -0.260. The molecule has 0 radical (unpaired) electrons. The van der Waals surface area contributed by atoms with Crippen LogP contribution in [-0.2, 0) is 16.1 Å². The van der Waals surface area contributed by atoms with Crippen LogP contribution in [0.4, 0.5) is 0 Å². The van der Waals surface area contributed by atoms with Crippen LogP contribution in [-0.4, -0.2) is 59.5 Å². The molecule has 2 N–H and O–H groups in total. The molecule has 0 spiro atoms. The lowest BCUT2D eigenvalue weighted by atomic mass is 9.79. The van der Waals surface area contributed by atoms with Gasteiger partial charge in [0.25, 0.3) is 5.91 Å². The average molecular weight is 391 g/mol. The Balaban J connectivity index is 1.55. The van der Waals surface area contributed by atoms with Gasteiger partial charge in [0, 0.05) is 31.8 Å². The SMILES string of the molecule is CO[C@@]12CC[C@H](O)C[C@@H]1N(Cc1ccc(OCC(=O)NC(C)(C)C)cc1)CC2. The Morgan fingerprint density at radius 1 is 1.29 bits per heavy atom. The molecular formula is C22H34N2O4. The first-order valence-corrected chi connectivity index (χ1v) is 10.2. The second-order valence-corrected chi connectivity index (χ2v) is 9.16. The molecule has 1 aromatic carbocycles. The molecular weight excluding hydrogens is 356 g/mol. The molecule has 1 aromatic rings. The molecule has 1 aliphatic heterocycles. The van der Waals surface area contributed by atoms with Crippen molar-refractivity contribution in [2.24, 2.45) is 0 Å². The van der Waals surface area contributed by atoms with Crippen molar-refractivity contribution >= 4 is 5.91 Å². The van der Waals surface area contributed by atoms with E-state index < -0.39 is 0 Å². The predicted octanol–water partition coefficient (Wildman–Crippen LogP) is 2.48. The van der Waals surface area contributed by atoms with Gasteiger partial charge in [-0.15, -0.1) is 0 Å². The zero-order chi connectivity index (χ0) is 20.4. The maximum absolute atomic E-state index is 11.9. The number of carbonyl (C=O) groups excluding carboxylic acids is 1. The summed E-state index contributed by atoms with van der Waals surface area (Å²) in [6, 6.07) is 8.18. The van der Waals surface area contributed by atoms with Crippen LogP contribution in [0, 0.1) is 0 Å². The van der Waals surface area contributed by atoms with Crippen molar-refractivity contribution in [3.05, 3.63) is 29.8 Å². The summed E-state index contributed by atoms with van der Waals surface area (Å²) < 4.78 is 11.5. The fraction of sp³-hybridized carbons (Fsp3) is 0.682. The molecule has 6 nitrogen and oxygen atoms in total. The van der Waals surface area contributed by atoms with Crippen LogP contribution in [0.25, 0.3) is 0 Å². The summed E-state index contributed by atoms with van der Waals surface area (Å²) >= 11 is 0. The van der Waals surface area contributed by atoms with Gasteiger partial charge in [0.2, 0.25) is 0 Å². The van der Waals surface area contributed by atoms with Gasteiger partial charge >= 0.3 is 0 Å². The number of nitrogens with one attached hydrogen (secondary N) is 1. The van der Waals surface area contributed by atoms with E-state index in [-0.39, 0.29) is 35.8 Å². The van der Waals surface area contributed by atoms with Crippen LogP contribution in [0.5, 0.6) is 5.75 Å². The summed E-state index contributed by atoms with van der Waals surface area (Å²) in [5.41, 5.74) is 0.825. The normalized spacial score (nSPS) is 28.0. The number of aliphatic hydroxyl groups is 1. The molecule has 28 heavy (non-hydrogen) atoms. The van der Waals surface area contributed by atoms with E-state index in [0.29, 0.717) is 5.75 Å². The highest BCUT2D eigenvalue weighted by Gasteiger charge is 2.50. The molecule has 0 unspecified atom stereocenters. The van der Waals surface area contributed by atoms with E-state index in [9.17, 15) is 9.90 Å². The Hall–Kier alpha value is -1.63. The third-order valence-corrected chi connectivity index (χ3v) is 5.87. The summed E-state index contributed by atoms with van der Waals surface area (Å²) in [5, 5.41) is 13.0. The number of carbonyl (C=O) groups is 1. The molecule has 156 valence electrons. The van der Waals surface area contributed by atoms with Crippen LogP contribution in [0.15, 0.2) is 24.3 Å². The highest BCUT2D eigenvalue weighted by Crippen LogP contribution is 2.42. The Kier molecular flexibility index (Phi) is 6.32. The van der Waals surface area contributed by atoms with Gasteiger partial charge in [0.05, 0.1) is 11.7 Å². The number of nitrogens with zero attached hydrogens (tertiary/aromatic N) is 1. The van der Waals surface area contributed by atoms with Gasteiger partial charge in [-0.05, 0) is 64.2 Å². The lowest BCUT2D eigenvalue weighted by molar-refractivity contribution is -0.124. The number of rotatable bonds is 6. The maximum Gasteiger partial charge on any atom is 0.258 e. The topological polar surface area (TPSA) is 71.0 Å². The second-order valence-electron chi connectivity index (χ2n) is 9.16. The molecule has 3 atom stereocenters. The van der Waals surface area contributed by atoms with Crippen molar-refractivity contribution in [2.75, 3.05) is 20.3 Å². The number of benzene rings is 1. The number of methoxy groups -OCH3 is 1. The highest BCUT2D eigenvalue weighted by atomic mass is 16.5. The number of ether oxygens (including phenoxy) is 2. The van der Waals surface area contributed by atoms with Gasteiger partial charge in [-0.25, -0.2) is 0 Å². The quantitative estimate of drug-likeness (QED) is 0.781. The molecule has 1 amide bonds. The van der Waals surface area contributed by atoms with Crippen molar-refractivity contribution in [3.8, 4) is 5.75 Å². The highest BCUT2D eigenvalue weighted by molar-refractivity contribution is 5.78. The van der Waals surface area contributed by atoms with Crippen molar-refractivity contribution in [3.63, 3.8) is 0 Å². The second kappa shape index (κ2) is 8.39. The molecule has 0 aromatic heterocycles. The Labute approximate surface area is 168 Å². The fourth-order valence-electron chi connectivity index (χ4n) is 4.49. The first-order valence-electron chi connectivity index (χ1n) is 10.2. The largest absolute Gasteiger partial charge is 0.484 e. The fourth-order valence-corrected chi connectivity index (χ4v) is 4.49. The molecule has 1 aliphatic carbocycles. The molecule has 6 heteroatoms. The molecule has 1 heterocycles. The van der Waals surface area contributed by atoms with Crippen LogP contribution >= 0.6 is 0 Å². The van der Waals surface area contributed by atoms with Gasteiger partial charge in [-0.3, -0.25) is 9.69 Å². The minimum absolute atomic E-state index is 0.0130. The molecule has 3 rings (SSSR count). The van der Waals surface area contributed by atoms with Crippen LogP contribution in [0.2, 0.25) is 0 Å². The minimum Gasteiger partial charge on any atom is -0.484 e. The van der Waals surface area contributed by atoms with E-state index in [1.54, 1.807) is 7.11 Å². The van der Waals surface area contributed by atoms with Gasteiger partial charge in [-0.2, -0.15) is 0 Å². The van der Waals surface area contributed by atoms with E-state index in [2.05, 4.69) is 10.2 Å². The van der Waals surface area contributed by atoms with Gasteiger partial charge in [0.1, 0.15) is 5.75 Å². The van der Waals surface area contributed by atoms with Crippen LogP contribution in [0.1, 0.15) is 52.0 Å². The van der Waals surface area contributed by atoms with Gasteiger partial charge in [0.15, 0.2) is 6.61 Å². The molecule has 1 saturated heterocycles. The van der Waals surface area contributed by atoms with Gasteiger partial charge < -0.3 is 19.9 Å². The Bertz CT molecular complexity index is 670. The average Bonchev–Trinajstić information content (AvgIpc) is 2.98. The van der Waals surface area contributed by atoms with E-state index in [4.69, 9.17) is 9.47 Å². The van der Waals surface area contributed by atoms with Crippen molar-refractivity contribution < 1.29 is 19.4 Å². The lowest BCUT2D eigenvalue weighted by Gasteiger charge is -2.42. The monoisotopic (exact) mass is 390 g/mol. The number of fused-ring (bicyclic) bond motifs is 1. The van der Waals surface area contributed by atoms with Gasteiger partial charge in [-0.1, -0.05) is 12.1 Å². The third-order valence-electron chi connectivity index (χ3n) is 5.87. The summed E-state index contributed by atoms with van der Waals surface area (Å²) in [4.78, 5) is 14.3. The molecule has 2 aliphatic rings. The zero-order valence-electron chi connectivity index (χ0n) is 17.5. The van der Waals surface area contributed by atoms with Crippen LogP contribution < -0.4 is 10.1 Å². The number of aliphatic hydroxyl groups excluding tert-OH is 1. The summed E-state index contributed by atoms with van der Waals surface area (Å²) in [6.07, 6.45) is 3.31. The standard InChI is InChI=1S/C22H34N2O4/c1-21(2,3)23-20(26)15-28-18-7-5-16(6-8-18)14-24-12-11-22(27-4)10-9-17(25)13-19(22)24/h5-8,17,19,25H,9-15H2,1-4H3,(H,23,26)/t17-,19-,22+/m0/s1. The number of amides is 1. The van der Waals surface area contributed by atoms with Crippen molar-refractivity contribution in [2.45, 2.75) is 76.3 Å². The molecule has 1 saturated carbocycles. The smallest absolute Gasteiger partial charge is 0.258 e. The Morgan fingerprint density at radius 2 is 2.00 bits per heavy atom. The maximum atomic E-state index is 11.9. The van der Waals surface area contributed by atoms with E-state index in [0.717, 1.165) is 38.8 Å². The summed E-state index contributed by atoms with van der Waals surface area (Å²) in [5.74, 6) is 0.564. The number of hydrogen-bond acceptors (Lipinski definition) is 5. The zero-order valence-corrected chi connectivity index (χ0v) is 17.5. The number of hydrogen-bond donors (Lipinski definition) is 2. The first-order chi connectivity index (χ1) is 13.2. The van der Waals surface area contributed by atoms with Crippen molar-refractivity contribution in [1.82, 2.24) is 10.2 Å². The van der Waals surface area contributed by atoms with E-state index in [1.165, 1.54) is 5.56 Å². The predicted molar refractivity (Wildman–Crippen MR) is 108 cm³/mol. The molecule has 2 fully saturated rings. The van der Waals surface area contributed by atoms with Crippen molar-refractivity contribution in [1.29, 1.82) is 0 Å². The summed E-state index contributed by atoms with van der Waals surface area (Å²) in [7, 11) is 1.80. The van der Waals surface area contributed by atoms with E-state index in [1.807, 2.05) is 45.0 Å². The third kappa shape index (κ3) is 5.04. The number of likely N-dealkylation sites (tertiary alicyclic amines) is 1. The molecule has 0 bridgehead atoms. The Morgan fingerprint density at radius 3 is 2.64 bits per heavy atom. The first kappa shape index (κ1) is 21.1. The lowest BCUT2D eigenvalue weighted by Crippen LogP contribution is -2.51. The summed E-state index contributed by atoms with van der Waals surface area (Å²) in [6.45, 7) is 7.66. The van der Waals surface area contributed by atoms with E-state index >= 15 is 0 Å². The van der Waals surface area contributed by atoms with Crippen LogP contribution in [0.3, 0.4) is 0 Å².